The fourth-order valence-corrected chi connectivity index (χ4v) is 1.53. The van der Waals surface area contributed by atoms with Crippen molar-refractivity contribution in [1.82, 2.24) is 9.78 Å². The van der Waals surface area contributed by atoms with E-state index in [1.54, 1.807) is 0 Å². The van der Waals surface area contributed by atoms with Crippen LogP contribution in [0.4, 0.5) is 13.2 Å². The summed E-state index contributed by atoms with van der Waals surface area (Å²) in [5.74, 6) is 0. The van der Waals surface area contributed by atoms with Crippen molar-refractivity contribution < 1.29 is 18.0 Å². The SMILES string of the molecule is CC(N=C=O)c1c(C(F)(F)F)nn(C)c1Cl. The molecule has 0 fully saturated rings. The van der Waals surface area contributed by atoms with Gasteiger partial charge in [0.1, 0.15) is 5.15 Å². The van der Waals surface area contributed by atoms with Gasteiger partial charge in [0.2, 0.25) is 6.08 Å². The number of nitrogens with zero attached hydrogens (tertiary/aromatic N) is 3. The summed E-state index contributed by atoms with van der Waals surface area (Å²) >= 11 is 5.66. The average Bonchev–Trinajstić information content (AvgIpc) is 2.43. The highest BCUT2D eigenvalue weighted by atomic mass is 35.5. The van der Waals surface area contributed by atoms with Crippen LogP contribution in [0.1, 0.15) is 24.2 Å². The van der Waals surface area contributed by atoms with Gasteiger partial charge in [-0.3, -0.25) is 4.68 Å². The summed E-state index contributed by atoms with van der Waals surface area (Å²) in [6, 6.07) is -1.03. The van der Waals surface area contributed by atoms with Gasteiger partial charge in [-0.05, 0) is 6.92 Å². The Morgan fingerprint density at radius 3 is 2.56 bits per heavy atom. The van der Waals surface area contributed by atoms with Crippen molar-refractivity contribution >= 4 is 17.7 Å². The van der Waals surface area contributed by atoms with Crippen molar-refractivity contribution in [2.24, 2.45) is 12.0 Å². The maximum atomic E-state index is 12.6. The van der Waals surface area contributed by atoms with Crippen LogP contribution in [0, 0.1) is 0 Å². The minimum absolute atomic E-state index is 0.196. The lowest BCUT2D eigenvalue weighted by atomic mass is 10.1. The van der Waals surface area contributed by atoms with Gasteiger partial charge in [0.25, 0.3) is 0 Å². The van der Waals surface area contributed by atoms with Crippen LogP contribution in [0.2, 0.25) is 5.15 Å². The number of aryl methyl sites for hydroxylation is 1. The Bertz CT molecular complexity index is 448. The van der Waals surface area contributed by atoms with Gasteiger partial charge >= 0.3 is 6.18 Å². The van der Waals surface area contributed by atoms with E-state index >= 15 is 0 Å². The Morgan fingerprint density at radius 2 is 2.12 bits per heavy atom. The monoisotopic (exact) mass is 253 g/mol. The molecule has 4 nitrogen and oxygen atoms in total. The minimum Gasteiger partial charge on any atom is -0.256 e. The molecule has 1 rings (SSSR count). The number of hydrogen-bond acceptors (Lipinski definition) is 3. The quantitative estimate of drug-likeness (QED) is 0.600. The van der Waals surface area contributed by atoms with E-state index in [0.29, 0.717) is 0 Å². The van der Waals surface area contributed by atoms with E-state index in [-0.39, 0.29) is 10.7 Å². The molecule has 0 saturated carbocycles. The van der Waals surface area contributed by atoms with Gasteiger partial charge in [0, 0.05) is 12.6 Å². The van der Waals surface area contributed by atoms with Crippen LogP contribution in [0.25, 0.3) is 0 Å². The predicted molar refractivity (Wildman–Crippen MR) is 49.8 cm³/mol. The molecule has 0 aliphatic heterocycles. The maximum Gasteiger partial charge on any atom is 0.435 e. The van der Waals surface area contributed by atoms with Crippen molar-refractivity contribution in [3.05, 3.63) is 16.4 Å². The highest BCUT2D eigenvalue weighted by Crippen LogP contribution is 2.38. The molecular formula is C8H7ClF3N3O. The third kappa shape index (κ3) is 2.25. The smallest absolute Gasteiger partial charge is 0.256 e. The normalized spacial score (nSPS) is 13.4. The second kappa shape index (κ2) is 4.27. The molecule has 1 heterocycles. The molecule has 16 heavy (non-hydrogen) atoms. The summed E-state index contributed by atoms with van der Waals surface area (Å²) in [6.45, 7) is 1.31. The van der Waals surface area contributed by atoms with Gasteiger partial charge < -0.3 is 0 Å². The Hall–Kier alpha value is -1.33. The number of aliphatic imine (C=N–C) groups is 1. The van der Waals surface area contributed by atoms with Crippen LogP contribution in [-0.2, 0) is 18.0 Å². The van der Waals surface area contributed by atoms with E-state index in [1.807, 2.05) is 0 Å². The van der Waals surface area contributed by atoms with Crippen LogP contribution in [-0.4, -0.2) is 15.9 Å². The minimum atomic E-state index is -4.63. The van der Waals surface area contributed by atoms with Crippen molar-refractivity contribution in [2.75, 3.05) is 0 Å². The molecule has 1 aromatic heterocycles. The average molecular weight is 254 g/mol. The van der Waals surface area contributed by atoms with E-state index in [9.17, 15) is 18.0 Å². The fourth-order valence-electron chi connectivity index (χ4n) is 1.24. The van der Waals surface area contributed by atoms with E-state index in [1.165, 1.54) is 20.1 Å². The molecular weight excluding hydrogens is 247 g/mol. The Labute approximate surface area is 93.7 Å². The molecule has 0 spiro atoms. The zero-order valence-corrected chi connectivity index (χ0v) is 9.10. The van der Waals surface area contributed by atoms with Crippen LogP contribution < -0.4 is 0 Å². The second-order valence-electron chi connectivity index (χ2n) is 3.07. The second-order valence-corrected chi connectivity index (χ2v) is 3.43. The Balaban J connectivity index is 3.41. The van der Waals surface area contributed by atoms with Gasteiger partial charge in [-0.2, -0.15) is 23.3 Å². The third-order valence-corrected chi connectivity index (χ3v) is 2.39. The Morgan fingerprint density at radius 1 is 1.56 bits per heavy atom. The predicted octanol–water partition coefficient (Wildman–Crippen LogP) is 2.49. The number of rotatable bonds is 2. The fraction of sp³-hybridized carbons (Fsp3) is 0.500. The summed E-state index contributed by atoms with van der Waals surface area (Å²) in [5, 5.41) is 3.06. The van der Waals surface area contributed by atoms with Crippen LogP contribution in [0.5, 0.6) is 0 Å². The molecule has 0 saturated heterocycles. The first-order valence-corrected chi connectivity index (χ1v) is 4.53. The first kappa shape index (κ1) is 12.7. The number of alkyl halides is 3. The number of isocyanates is 1. The van der Waals surface area contributed by atoms with Crippen LogP contribution in [0.15, 0.2) is 4.99 Å². The van der Waals surface area contributed by atoms with Crippen molar-refractivity contribution in [2.45, 2.75) is 19.1 Å². The first-order chi connectivity index (χ1) is 7.29. The number of aromatic nitrogens is 2. The van der Waals surface area contributed by atoms with E-state index in [0.717, 1.165) is 4.68 Å². The van der Waals surface area contributed by atoms with Gasteiger partial charge in [0.15, 0.2) is 5.69 Å². The zero-order valence-electron chi connectivity index (χ0n) is 8.34. The molecule has 0 aromatic carbocycles. The topological polar surface area (TPSA) is 47.2 Å². The highest BCUT2D eigenvalue weighted by Gasteiger charge is 2.40. The molecule has 88 valence electrons. The largest absolute Gasteiger partial charge is 0.435 e. The summed E-state index contributed by atoms with van der Waals surface area (Å²) < 4.78 is 38.6. The molecule has 0 aliphatic rings. The lowest BCUT2D eigenvalue weighted by molar-refractivity contribution is -0.142. The molecule has 0 radical (unpaired) electrons. The Kier molecular flexibility index (Phi) is 3.40. The molecule has 0 aliphatic carbocycles. The lowest BCUT2D eigenvalue weighted by Gasteiger charge is -2.08. The number of carbonyl (C=O) groups excluding carboxylic acids is 1. The van der Waals surface area contributed by atoms with Crippen molar-refractivity contribution in [1.29, 1.82) is 0 Å². The standard InChI is InChI=1S/C8H7ClF3N3O/c1-4(13-3-16)5-6(8(10,11)12)14-15(2)7(5)9/h4H,1-2H3. The summed E-state index contributed by atoms with van der Waals surface area (Å²) in [4.78, 5) is 13.2. The summed E-state index contributed by atoms with van der Waals surface area (Å²) in [6.07, 6.45) is -3.44. The van der Waals surface area contributed by atoms with Gasteiger partial charge in [-0.1, -0.05) is 11.6 Å². The zero-order chi connectivity index (χ0) is 12.5. The number of halogens is 4. The van der Waals surface area contributed by atoms with Gasteiger partial charge in [-0.25, -0.2) is 4.79 Å². The highest BCUT2D eigenvalue weighted by molar-refractivity contribution is 6.30. The van der Waals surface area contributed by atoms with Crippen molar-refractivity contribution in [3.8, 4) is 0 Å². The molecule has 0 N–H and O–H groups in total. The molecule has 1 unspecified atom stereocenters. The number of hydrogen-bond donors (Lipinski definition) is 0. The lowest BCUT2D eigenvalue weighted by Crippen LogP contribution is -2.10. The van der Waals surface area contributed by atoms with Gasteiger partial charge in [0.05, 0.1) is 6.04 Å². The van der Waals surface area contributed by atoms with E-state index in [4.69, 9.17) is 11.6 Å². The van der Waals surface area contributed by atoms with Crippen LogP contribution in [0.3, 0.4) is 0 Å². The first-order valence-electron chi connectivity index (χ1n) is 4.15. The third-order valence-electron chi connectivity index (χ3n) is 1.94. The van der Waals surface area contributed by atoms with Crippen LogP contribution >= 0.6 is 11.6 Å². The molecule has 1 aromatic rings. The van der Waals surface area contributed by atoms with E-state index < -0.39 is 17.9 Å². The molecule has 8 heteroatoms. The summed E-state index contributed by atoms with van der Waals surface area (Å²) in [5.41, 5.74) is -1.45. The molecule has 1 atom stereocenters. The summed E-state index contributed by atoms with van der Waals surface area (Å²) in [7, 11) is 1.28. The van der Waals surface area contributed by atoms with Crippen molar-refractivity contribution in [3.63, 3.8) is 0 Å². The van der Waals surface area contributed by atoms with Gasteiger partial charge in [-0.15, -0.1) is 0 Å². The maximum absolute atomic E-state index is 12.6. The molecule has 0 amide bonds. The molecule has 0 bridgehead atoms. The van der Waals surface area contributed by atoms with E-state index in [2.05, 4.69) is 10.1 Å².